The Morgan fingerprint density at radius 1 is 1.07 bits per heavy atom. The molecule has 0 aliphatic carbocycles. The number of aliphatic hydroxyl groups is 2. The van der Waals surface area contributed by atoms with Crippen LogP contribution in [0.5, 0.6) is 0 Å². The SMILES string of the molecule is NCCCCC[C@@H](CCN)SC[C@@H]1O[C@@H](n2cnc3c(N)ncnc32)[C@@H](O)[C@@H]1O. The van der Waals surface area contributed by atoms with Crippen molar-refractivity contribution in [1.82, 2.24) is 19.5 Å². The van der Waals surface area contributed by atoms with Crippen LogP contribution in [0.25, 0.3) is 11.2 Å². The molecule has 8 N–H and O–H groups in total. The largest absolute Gasteiger partial charge is 0.387 e. The summed E-state index contributed by atoms with van der Waals surface area (Å²) in [5.74, 6) is 0.827. The summed E-state index contributed by atoms with van der Waals surface area (Å²) < 4.78 is 7.60. The van der Waals surface area contributed by atoms with Gasteiger partial charge in [-0.25, -0.2) is 15.0 Å². The van der Waals surface area contributed by atoms with E-state index in [0.717, 1.165) is 38.6 Å². The van der Waals surface area contributed by atoms with E-state index < -0.39 is 24.5 Å². The Kier molecular flexibility index (Phi) is 8.04. The minimum absolute atomic E-state index is 0.258. The predicted molar refractivity (Wildman–Crippen MR) is 113 cm³/mol. The van der Waals surface area contributed by atoms with Crippen LogP contribution in [0, 0.1) is 0 Å². The molecule has 1 aliphatic rings. The van der Waals surface area contributed by atoms with E-state index in [4.69, 9.17) is 21.9 Å². The highest BCUT2D eigenvalue weighted by Crippen LogP contribution is 2.34. The first-order chi connectivity index (χ1) is 14.1. The van der Waals surface area contributed by atoms with Crippen molar-refractivity contribution in [3.8, 4) is 0 Å². The highest BCUT2D eigenvalue weighted by atomic mass is 32.2. The smallest absolute Gasteiger partial charge is 0.167 e. The van der Waals surface area contributed by atoms with E-state index in [-0.39, 0.29) is 5.82 Å². The zero-order valence-corrected chi connectivity index (χ0v) is 17.2. The molecule has 11 heteroatoms. The Hall–Kier alpha value is -1.50. The van der Waals surface area contributed by atoms with Gasteiger partial charge >= 0.3 is 0 Å². The molecule has 162 valence electrons. The number of unbranched alkanes of at least 4 members (excludes halogenated alkanes) is 2. The van der Waals surface area contributed by atoms with Crippen molar-refractivity contribution in [3.05, 3.63) is 12.7 Å². The first-order valence-electron chi connectivity index (χ1n) is 10.0. The number of nitrogens with two attached hydrogens (primary N) is 3. The number of thioether (sulfide) groups is 1. The maximum atomic E-state index is 10.6. The molecule has 3 heterocycles. The highest BCUT2D eigenvalue weighted by molar-refractivity contribution is 7.99. The molecule has 0 unspecified atom stereocenters. The number of rotatable bonds is 11. The van der Waals surface area contributed by atoms with E-state index in [0.29, 0.717) is 28.7 Å². The van der Waals surface area contributed by atoms with Crippen molar-refractivity contribution >= 4 is 28.7 Å². The molecule has 5 atom stereocenters. The summed E-state index contributed by atoms with van der Waals surface area (Å²) in [6.45, 7) is 1.34. The monoisotopic (exact) mass is 425 g/mol. The van der Waals surface area contributed by atoms with Gasteiger partial charge in [-0.1, -0.05) is 12.8 Å². The van der Waals surface area contributed by atoms with E-state index in [1.54, 1.807) is 16.3 Å². The quantitative estimate of drug-likeness (QED) is 0.308. The number of nitrogens with zero attached hydrogens (tertiary/aromatic N) is 4. The van der Waals surface area contributed by atoms with Crippen LogP contribution in [-0.4, -0.2) is 72.1 Å². The minimum atomic E-state index is -1.09. The molecule has 0 radical (unpaired) electrons. The average Bonchev–Trinajstić information content (AvgIpc) is 3.26. The van der Waals surface area contributed by atoms with Crippen LogP contribution in [0.2, 0.25) is 0 Å². The van der Waals surface area contributed by atoms with Gasteiger partial charge < -0.3 is 32.2 Å². The molecule has 10 nitrogen and oxygen atoms in total. The normalized spacial score (nSPS) is 25.7. The van der Waals surface area contributed by atoms with Crippen LogP contribution in [0.15, 0.2) is 12.7 Å². The molecule has 1 saturated heterocycles. The van der Waals surface area contributed by atoms with Crippen LogP contribution < -0.4 is 17.2 Å². The Morgan fingerprint density at radius 2 is 1.90 bits per heavy atom. The van der Waals surface area contributed by atoms with Gasteiger partial charge in [0.1, 0.15) is 24.1 Å². The molecule has 0 saturated carbocycles. The summed E-state index contributed by atoms with van der Waals surface area (Å²) in [7, 11) is 0. The predicted octanol–water partition coefficient (Wildman–Crippen LogP) is -0.00260. The van der Waals surface area contributed by atoms with E-state index in [1.165, 1.54) is 12.7 Å². The van der Waals surface area contributed by atoms with Crippen molar-refractivity contribution in [2.24, 2.45) is 11.5 Å². The molecule has 3 rings (SSSR count). The lowest BCUT2D eigenvalue weighted by atomic mass is 10.1. The number of fused-ring (bicyclic) bond motifs is 1. The summed E-state index contributed by atoms with van der Waals surface area (Å²) >= 11 is 1.73. The van der Waals surface area contributed by atoms with Gasteiger partial charge in [-0.3, -0.25) is 4.57 Å². The number of aromatic nitrogens is 4. The molecule has 0 amide bonds. The standard InChI is InChI=1S/C18H31N7O3S/c19-6-3-1-2-4-11(5-7-20)29-8-12-14(26)15(27)18(28-12)25-10-24-13-16(21)22-9-23-17(13)25/h9-12,14-15,18,26-27H,1-8,19-20H2,(H2,21,22,23)/t11-,12-,14+,15-,18+/m0/s1. The number of anilines is 1. The van der Waals surface area contributed by atoms with Gasteiger partial charge in [0.2, 0.25) is 0 Å². The second-order valence-corrected chi connectivity index (χ2v) is 8.63. The van der Waals surface area contributed by atoms with Gasteiger partial charge in [-0.05, 0) is 32.4 Å². The highest BCUT2D eigenvalue weighted by Gasteiger charge is 2.44. The van der Waals surface area contributed by atoms with Crippen LogP contribution in [-0.2, 0) is 4.74 Å². The molecule has 0 bridgehead atoms. The third kappa shape index (κ3) is 5.16. The number of imidazole rings is 1. The Bertz CT molecular complexity index is 777. The maximum absolute atomic E-state index is 10.6. The van der Waals surface area contributed by atoms with Crippen molar-refractivity contribution in [3.63, 3.8) is 0 Å². The van der Waals surface area contributed by atoms with Gasteiger partial charge in [0, 0.05) is 11.0 Å². The lowest BCUT2D eigenvalue weighted by Crippen LogP contribution is -2.33. The summed E-state index contributed by atoms with van der Waals surface area (Å²) in [4.78, 5) is 12.3. The first-order valence-corrected chi connectivity index (χ1v) is 11.1. The molecule has 2 aromatic heterocycles. The molecule has 1 aliphatic heterocycles. The van der Waals surface area contributed by atoms with Crippen molar-refractivity contribution in [1.29, 1.82) is 0 Å². The zero-order valence-electron chi connectivity index (χ0n) is 16.4. The second kappa shape index (κ2) is 10.5. The van der Waals surface area contributed by atoms with Crippen LogP contribution in [0.4, 0.5) is 5.82 Å². The molecule has 1 fully saturated rings. The molecular formula is C18H31N7O3S. The molecular weight excluding hydrogens is 394 g/mol. The Balaban J connectivity index is 1.62. The van der Waals surface area contributed by atoms with Gasteiger partial charge in [0.05, 0.1) is 12.4 Å². The van der Waals surface area contributed by atoms with E-state index in [2.05, 4.69) is 15.0 Å². The van der Waals surface area contributed by atoms with E-state index in [9.17, 15) is 10.2 Å². The number of hydrogen-bond acceptors (Lipinski definition) is 10. The van der Waals surface area contributed by atoms with E-state index in [1.807, 2.05) is 0 Å². The molecule has 2 aromatic rings. The number of nitrogen functional groups attached to an aromatic ring is 1. The lowest BCUT2D eigenvalue weighted by molar-refractivity contribution is -0.0289. The fraction of sp³-hybridized carbons (Fsp3) is 0.722. The number of ether oxygens (including phenoxy) is 1. The van der Waals surface area contributed by atoms with Gasteiger partial charge in [-0.15, -0.1) is 0 Å². The summed E-state index contributed by atoms with van der Waals surface area (Å²) in [5, 5.41) is 21.5. The van der Waals surface area contributed by atoms with Gasteiger partial charge in [-0.2, -0.15) is 11.8 Å². The average molecular weight is 426 g/mol. The van der Waals surface area contributed by atoms with Gasteiger partial charge in [0.15, 0.2) is 17.7 Å². The first kappa shape index (κ1) is 22.2. The Labute approximate surface area is 174 Å². The number of hydrogen-bond donors (Lipinski definition) is 5. The van der Waals surface area contributed by atoms with Crippen molar-refractivity contribution in [2.75, 3.05) is 24.6 Å². The van der Waals surface area contributed by atoms with Crippen LogP contribution in [0.3, 0.4) is 0 Å². The number of aliphatic hydroxyl groups excluding tert-OH is 2. The zero-order chi connectivity index (χ0) is 20.8. The minimum Gasteiger partial charge on any atom is -0.387 e. The third-order valence-corrected chi connectivity index (χ3v) is 6.68. The van der Waals surface area contributed by atoms with Crippen LogP contribution in [0.1, 0.15) is 38.3 Å². The van der Waals surface area contributed by atoms with Crippen molar-refractivity contribution < 1.29 is 14.9 Å². The third-order valence-electron chi connectivity index (χ3n) is 5.21. The summed E-state index contributed by atoms with van der Waals surface area (Å²) in [6, 6.07) is 0. The van der Waals surface area contributed by atoms with Crippen molar-refractivity contribution in [2.45, 2.75) is 61.9 Å². The lowest BCUT2D eigenvalue weighted by Gasteiger charge is -2.20. The topological polar surface area (TPSA) is 171 Å². The summed E-state index contributed by atoms with van der Waals surface area (Å²) in [6.07, 6.45) is 4.68. The fourth-order valence-electron chi connectivity index (χ4n) is 3.57. The van der Waals surface area contributed by atoms with Gasteiger partial charge in [0.25, 0.3) is 0 Å². The molecule has 0 aromatic carbocycles. The fourth-order valence-corrected chi connectivity index (χ4v) is 4.95. The Morgan fingerprint density at radius 3 is 2.66 bits per heavy atom. The molecule has 29 heavy (non-hydrogen) atoms. The summed E-state index contributed by atoms with van der Waals surface area (Å²) in [5.41, 5.74) is 18.0. The maximum Gasteiger partial charge on any atom is 0.167 e. The molecule has 0 spiro atoms. The van der Waals surface area contributed by atoms with Crippen LogP contribution >= 0.6 is 11.8 Å². The second-order valence-electron chi connectivity index (χ2n) is 7.30. The van der Waals surface area contributed by atoms with E-state index >= 15 is 0 Å².